The average Bonchev–Trinajstić information content (AvgIpc) is 2.63. The van der Waals surface area contributed by atoms with Crippen LogP contribution in [0.25, 0.3) is 0 Å². The zero-order valence-corrected chi connectivity index (χ0v) is 10.5. The lowest BCUT2D eigenvalue weighted by Crippen LogP contribution is -1.99. The van der Waals surface area contributed by atoms with E-state index in [9.17, 15) is 4.79 Å². The molecule has 0 aliphatic carbocycles. The number of carbonyl (C=O) groups is 1. The van der Waals surface area contributed by atoms with Gasteiger partial charge >= 0.3 is 5.97 Å². The van der Waals surface area contributed by atoms with Crippen LogP contribution in [0.1, 0.15) is 31.5 Å². The van der Waals surface area contributed by atoms with Gasteiger partial charge in [0, 0.05) is 11.3 Å². The first kappa shape index (κ1) is 11.8. The second-order valence-electron chi connectivity index (χ2n) is 3.92. The maximum absolute atomic E-state index is 10.9. The van der Waals surface area contributed by atoms with Crippen LogP contribution < -0.4 is 0 Å². The van der Waals surface area contributed by atoms with E-state index in [1.54, 1.807) is 6.92 Å². The van der Waals surface area contributed by atoms with Gasteiger partial charge in [0.15, 0.2) is 5.69 Å². The number of aromatic carboxylic acids is 1. The molecule has 17 heavy (non-hydrogen) atoms. The molecule has 88 valence electrons. The molecule has 0 saturated carbocycles. The topological polar surface area (TPSA) is 50.2 Å². The van der Waals surface area contributed by atoms with Gasteiger partial charge < -0.3 is 5.11 Å². The lowest BCUT2D eigenvalue weighted by Gasteiger charge is -2.01. The molecule has 0 unspecified atom stereocenters. The van der Waals surface area contributed by atoms with E-state index in [4.69, 9.17) is 5.11 Å². The van der Waals surface area contributed by atoms with Gasteiger partial charge in [-0.25, -0.2) is 9.78 Å². The molecule has 0 atom stereocenters. The zero-order chi connectivity index (χ0) is 12.4. The number of aromatic nitrogens is 1. The van der Waals surface area contributed by atoms with Crippen LogP contribution in [0, 0.1) is 13.8 Å². The van der Waals surface area contributed by atoms with Gasteiger partial charge in [-0.3, -0.25) is 0 Å². The maximum Gasteiger partial charge on any atom is 0.355 e. The summed E-state index contributed by atoms with van der Waals surface area (Å²) in [4.78, 5) is 15.8. The Kier molecular flexibility index (Phi) is 3.24. The minimum absolute atomic E-state index is 0.179. The number of hydrogen-bond acceptors (Lipinski definition) is 3. The van der Waals surface area contributed by atoms with Crippen molar-refractivity contribution in [3.05, 3.63) is 51.0 Å². The van der Waals surface area contributed by atoms with Gasteiger partial charge in [0.1, 0.15) is 0 Å². The van der Waals surface area contributed by atoms with E-state index >= 15 is 0 Å². The lowest BCUT2D eigenvalue weighted by atomic mass is 10.1. The van der Waals surface area contributed by atoms with Gasteiger partial charge in [-0.1, -0.05) is 24.3 Å². The summed E-state index contributed by atoms with van der Waals surface area (Å²) in [6, 6.07) is 8.08. The molecule has 0 saturated heterocycles. The molecule has 2 aromatic rings. The van der Waals surface area contributed by atoms with Crippen LogP contribution in [0.2, 0.25) is 0 Å². The molecule has 0 radical (unpaired) electrons. The van der Waals surface area contributed by atoms with Crippen LogP contribution in [0.3, 0.4) is 0 Å². The van der Waals surface area contributed by atoms with E-state index in [1.807, 2.05) is 31.2 Å². The monoisotopic (exact) mass is 247 g/mol. The predicted octanol–water partition coefficient (Wildman–Crippen LogP) is 3.05. The second-order valence-corrected chi connectivity index (χ2v) is 5.21. The molecule has 3 nitrogen and oxygen atoms in total. The summed E-state index contributed by atoms with van der Waals surface area (Å²) in [5.41, 5.74) is 2.58. The molecule has 1 N–H and O–H groups in total. The predicted molar refractivity (Wildman–Crippen MR) is 67.8 cm³/mol. The van der Waals surface area contributed by atoms with Crippen molar-refractivity contribution in [2.24, 2.45) is 0 Å². The Morgan fingerprint density at radius 3 is 2.65 bits per heavy atom. The number of nitrogens with zero attached hydrogens (tertiary/aromatic N) is 1. The molecule has 4 heteroatoms. The third-order valence-corrected chi connectivity index (χ3v) is 3.62. The lowest BCUT2D eigenvalue weighted by molar-refractivity contribution is 0.0690. The van der Waals surface area contributed by atoms with Crippen LogP contribution in [0.15, 0.2) is 24.3 Å². The van der Waals surface area contributed by atoms with E-state index in [-0.39, 0.29) is 5.69 Å². The molecule has 0 aliphatic heterocycles. The van der Waals surface area contributed by atoms with Gasteiger partial charge in [-0.15, -0.1) is 11.3 Å². The molecule has 0 bridgehead atoms. The molecule has 0 aliphatic rings. The minimum atomic E-state index is -0.949. The molecule has 0 fully saturated rings. The largest absolute Gasteiger partial charge is 0.476 e. The molecular formula is C13H13NO2S. The van der Waals surface area contributed by atoms with Crippen molar-refractivity contribution in [1.29, 1.82) is 0 Å². The van der Waals surface area contributed by atoms with Crippen LogP contribution in [0.4, 0.5) is 0 Å². The van der Waals surface area contributed by atoms with Gasteiger partial charge in [-0.2, -0.15) is 0 Å². The van der Waals surface area contributed by atoms with E-state index in [2.05, 4.69) is 4.98 Å². The average molecular weight is 247 g/mol. The van der Waals surface area contributed by atoms with Crippen molar-refractivity contribution in [3.8, 4) is 0 Å². The number of rotatable bonds is 3. The van der Waals surface area contributed by atoms with Gasteiger partial charge in [-0.05, 0) is 25.0 Å². The Balaban J connectivity index is 2.28. The van der Waals surface area contributed by atoms with Gasteiger partial charge in [0.05, 0.1) is 5.01 Å². The van der Waals surface area contributed by atoms with Crippen molar-refractivity contribution < 1.29 is 9.90 Å². The summed E-state index contributed by atoms with van der Waals surface area (Å²) < 4.78 is 0. The number of hydrogen-bond donors (Lipinski definition) is 1. The summed E-state index contributed by atoms with van der Waals surface area (Å²) >= 11 is 1.45. The Hall–Kier alpha value is -1.68. The Labute approximate surface area is 104 Å². The standard InChI is InChI=1S/C13H13NO2S/c1-8-5-3-4-6-10(8)7-11-14-12(13(15)16)9(2)17-11/h3-6H,7H2,1-2H3,(H,15,16). The first-order valence-corrected chi connectivity index (χ1v) is 6.13. The van der Waals surface area contributed by atoms with Crippen molar-refractivity contribution in [2.75, 3.05) is 0 Å². The highest BCUT2D eigenvalue weighted by Crippen LogP contribution is 2.21. The summed E-state index contributed by atoms with van der Waals surface area (Å²) in [7, 11) is 0. The number of carboxylic acids is 1. The number of aryl methyl sites for hydroxylation is 2. The molecule has 1 heterocycles. The Morgan fingerprint density at radius 1 is 1.35 bits per heavy atom. The quantitative estimate of drug-likeness (QED) is 0.906. The van der Waals surface area contributed by atoms with E-state index in [0.717, 1.165) is 9.88 Å². The minimum Gasteiger partial charge on any atom is -0.476 e. The highest BCUT2D eigenvalue weighted by molar-refractivity contribution is 7.11. The van der Waals surface area contributed by atoms with Crippen LogP contribution in [-0.4, -0.2) is 16.1 Å². The zero-order valence-electron chi connectivity index (χ0n) is 9.73. The van der Waals surface area contributed by atoms with Gasteiger partial charge in [0.25, 0.3) is 0 Å². The fraction of sp³-hybridized carbons (Fsp3) is 0.231. The highest BCUT2D eigenvalue weighted by Gasteiger charge is 2.14. The maximum atomic E-state index is 10.9. The van der Waals surface area contributed by atoms with Crippen LogP contribution in [-0.2, 0) is 6.42 Å². The summed E-state index contributed by atoms with van der Waals surface area (Å²) in [5, 5.41) is 9.80. The number of carboxylic acid groups (broad SMARTS) is 1. The molecule has 2 rings (SSSR count). The van der Waals surface area contributed by atoms with E-state index < -0.39 is 5.97 Å². The number of benzene rings is 1. The SMILES string of the molecule is Cc1ccccc1Cc1nc(C(=O)O)c(C)s1. The van der Waals surface area contributed by atoms with E-state index in [0.29, 0.717) is 6.42 Å². The van der Waals surface area contributed by atoms with Crippen molar-refractivity contribution in [1.82, 2.24) is 4.98 Å². The molecular weight excluding hydrogens is 234 g/mol. The summed E-state index contributed by atoms with van der Waals surface area (Å²) in [6.45, 7) is 3.84. The smallest absolute Gasteiger partial charge is 0.355 e. The normalized spacial score (nSPS) is 10.5. The third kappa shape index (κ3) is 2.53. The second kappa shape index (κ2) is 4.67. The van der Waals surface area contributed by atoms with Crippen molar-refractivity contribution >= 4 is 17.3 Å². The first-order valence-electron chi connectivity index (χ1n) is 5.32. The highest BCUT2D eigenvalue weighted by atomic mass is 32.1. The van der Waals surface area contributed by atoms with Crippen molar-refractivity contribution in [2.45, 2.75) is 20.3 Å². The van der Waals surface area contributed by atoms with Crippen LogP contribution in [0.5, 0.6) is 0 Å². The fourth-order valence-electron chi connectivity index (χ4n) is 1.70. The number of thiazole rings is 1. The van der Waals surface area contributed by atoms with Crippen LogP contribution >= 0.6 is 11.3 Å². The van der Waals surface area contributed by atoms with Crippen molar-refractivity contribution in [3.63, 3.8) is 0 Å². The summed E-state index contributed by atoms with van der Waals surface area (Å²) in [5.74, 6) is -0.949. The molecule has 1 aromatic heterocycles. The first-order chi connectivity index (χ1) is 8.08. The van der Waals surface area contributed by atoms with Gasteiger partial charge in [0.2, 0.25) is 0 Å². The third-order valence-electron chi connectivity index (χ3n) is 2.65. The fourth-order valence-corrected chi connectivity index (χ4v) is 2.64. The molecule has 1 aromatic carbocycles. The van der Waals surface area contributed by atoms with E-state index in [1.165, 1.54) is 22.5 Å². The Morgan fingerprint density at radius 2 is 2.06 bits per heavy atom. The summed E-state index contributed by atoms with van der Waals surface area (Å²) in [6.07, 6.45) is 0.700. The molecule has 0 spiro atoms. The molecule has 0 amide bonds. The Bertz CT molecular complexity index is 560.